The molecule has 1 aromatic heterocycles. The number of thioether (sulfide) groups is 1. The predicted molar refractivity (Wildman–Crippen MR) is 72.4 cm³/mol. The largest absolute Gasteiger partial charge is 0.396 e. The Labute approximate surface area is 116 Å². The van der Waals surface area contributed by atoms with Gasteiger partial charge in [-0.1, -0.05) is 11.6 Å². The third kappa shape index (κ3) is 4.43. The zero-order chi connectivity index (χ0) is 13.6. The Bertz CT molecular complexity index is 475. The number of aryl methyl sites for hydroxylation is 1. The Morgan fingerprint density at radius 1 is 1.56 bits per heavy atom. The van der Waals surface area contributed by atoms with E-state index in [0.717, 1.165) is 5.75 Å². The van der Waals surface area contributed by atoms with Gasteiger partial charge in [0.15, 0.2) is 0 Å². The Hall–Kier alpha value is -0.280. The molecule has 0 fully saturated rings. The number of nitrogens with one attached hydrogen (secondary N) is 1. The van der Waals surface area contributed by atoms with E-state index in [-0.39, 0.29) is 16.8 Å². The van der Waals surface area contributed by atoms with Crippen LogP contribution in [0.2, 0.25) is 5.15 Å². The molecular formula is C9H16ClN3O3S2. The zero-order valence-electron chi connectivity index (χ0n) is 9.97. The third-order valence-electron chi connectivity index (χ3n) is 2.07. The van der Waals surface area contributed by atoms with E-state index in [9.17, 15) is 8.42 Å². The molecule has 2 N–H and O–H groups in total. The highest BCUT2D eigenvalue weighted by Gasteiger charge is 2.21. The summed E-state index contributed by atoms with van der Waals surface area (Å²) in [6.07, 6.45) is 2.07. The minimum absolute atomic E-state index is 0.0930. The average Bonchev–Trinajstić information content (AvgIpc) is 2.65. The number of aliphatic hydroxyl groups is 1. The molecule has 1 aromatic rings. The summed E-state index contributed by atoms with van der Waals surface area (Å²) in [5, 5.41) is 8.53. The Kier molecular flexibility index (Phi) is 6.44. The van der Waals surface area contributed by atoms with Crippen molar-refractivity contribution in [1.29, 1.82) is 0 Å². The smallest absolute Gasteiger partial charge is 0.261 e. The van der Waals surface area contributed by atoms with Crippen molar-refractivity contribution in [2.45, 2.75) is 11.4 Å². The Morgan fingerprint density at radius 3 is 2.83 bits per heavy atom. The molecule has 18 heavy (non-hydrogen) atoms. The van der Waals surface area contributed by atoms with E-state index >= 15 is 0 Å². The van der Waals surface area contributed by atoms with Gasteiger partial charge in [-0.2, -0.15) is 11.8 Å². The molecule has 0 bridgehead atoms. The van der Waals surface area contributed by atoms with Gasteiger partial charge in [-0.3, -0.25) is 0 Å². The fraction of sp³-hybridized carbons (Fsp3) is 0.667. The van der Waals surface area contributed by atoms with E-state index in [0.29, 0.717) is 18.7 Å². The van der Waals surface area contributed by atoms with E-state index < -0.39 is 10.0 Å². The van der Waals surface area contributed by atoms with Crippen molar-refractivity contribution in [3.63, 3.8) is 0 Å². The molecule has 0 saturated carbocycles. The molecule has 1 rings (SSSR count). The molecule has 1 heterocycles. The molecule has 0 amide bonds. The number of aromatic nitrogens is 2. The predicted octanol–water partition coefficient (Wildman–Crippen LogP) is 0.467. The monoisotopic (exact) mass is 313 g/mol. The van der Waals surface area contributed by atoms with Crippen molar-refractivity contribution in [3.05, 3.63) is 11.5 Å². The van der Waals surface area contributed by atoms with Crippen LogP contribution in [0.5, 0.6) is 0 Å². The molecule has 0 aliphatic carbocycles. The van der Waals surface area contributed by atoms with Crippen LogP contribution in [0.4, 0.5) is 0 Å². The molecule has 0 unspecified atom stereocenters. The van der Waals surface area contributed by atoms with Crippen LogP contribution in [0.1, 0.15) is 6.42 Å². The fourth-order valence-electron chi connectivity index (χ4n) is 1.16. The normalized spacial score (nSPS) is 11.9. The van der Waals surface area contributed by atoms with Crippen LogP contribution in [0.15, 0.2) is 11.4 Å². The number of nitrogens with zero attached hydrogens (tertiary/aromatic N) is 2. The highest BCUT2D eigenvalue weighted by atomic mass is 35.5. The first-order valence-electron chi connectivity index (χ1n) is 5.34. The number of rotatable bonds is 8. The van der Waals surface area contributed by atoms with Crippen LogP contribution in [-0.2, 0) is 17.1 Å². The van der Waals surface area contributed by atoms with Crippen molar-refractivity contribution < 1.29 is 13.5 Å². The van der Waals surface area contributed by atoms with Gasteiger partial charge >= 0.3 is 0 Å². The molecule has 0 atom stereocenters. The summed E-state index contributed by atoms with van der Waals surface area (Å²) in [5.74, 6) is 1.45. The van der Waals surface area contributed by atoms with E-state index in [1.54, 1.807) is 18.8 Å². The molecule has 9 heteroatoms. The van der Waals surface area contributed by atoms with E-state index in [4.69, 9.17) is 16.7 Å². The van der Waals surface area contributed by atoms with Gasteiger partial charge in [-0.15, -0.1) is 0 Å². The van der Waals surface area contributed by atoms with Crippen molar-refractivity contribution in [2.24, 2.45) is 7.05 Å². The summed E-state index contributed by atoms with van der Waals surface area (Å²) in [4.78, 5) is 3.76. The number of sulfonamides is 1. The van der Waals surface area contributed by atoms with Gasteiger partial charge < -0.3 is 9.67 Å². The van der Waals surface area contributed by atoms with Crippen LogP contribution in [0.25, 0.3) is 0 Å². The molecule has 0 aliphatic heterocycles. The maximum absolute atomic E-state index is 11.8. The minimum atomic E-state index is -3.64. The second-order valence-electron chi connectivity index (χ2n) is 3.54. The number of aliphatic hydroxyl groups excluding tert-OH is 1. The lowest BCUT2D eigenvalue weighted by Gasteiger charge is -2.04. The molecule has 0 saturated heterocycles. The number of hydrogen-bond donors (Lipinski definition) is 2. The highest BCUT2D eigenvalue weighted by molar-refractivity contribution is 7.99. The molecule has 6 nitrogen and oxygen atoms in total. The zero-order valence-corrected chi connectivity index (χ0v) is 12.4. The summed E-state index contributed by atoms with van der Waals surface area (Å²) in [7, 11) is -2.02. The first kappa shape index (κ1) is 15.8. The van der Waals surface area contributed by atoms with Crippen molar-refractivity contribution in [2.75, 3.05) is 24.7 Å². The van der Waals surface area contributed by atoms with Crippen LogP contribution >= 0.6 is 23.4 Å². The molecular weight excluding hydrogens is 298 g/mol. The molecule has 0 aromatic carbocycles. The summed E-state index contributed by atoms with van der Waals surface area (Å²) < 4.78 is 27.5. The van der Waals surface area contributed by atoms with Crippen molar-refractivity contribution >= 4 is 33.4 Å². The summed E-state index contributed by atoms with van der Waals surface area (Å²) in [6.45, 7) is 0.466. The average molecular weight is 314 g/mol. The number of imidazole rings is 1. The maximum atomic E-state index is 11.8. The second kappa shape index (κ2) is 7.34. The molecule has 0 spiro atoms. The highest BCUT2D eigenvalue weighted by Crippen LogP contribution is 2.18. The van der Waals surface area contributed by atoms with Crippen LogP contribution in [0.3, 0.4) is 0 Å². The SMILES string of the molecule is Cn1cnc(S(=O)(=O)NCCSCCCO)c1Cl. The van der Waals surface area contributed by atoms with Gasteiger partial charge in [0.25, 0.3) is 10.0 Å². The number of hydrogen-bond acceptors (Lipinski definition) is 5. The standard InChI is InChI=1S/C9H16ClN3O3S2/c1-13-7-11-9(8(13)10)18(15,16)12-3-6-17-5-2-4-14/h7,12,14H,2-6H2,1H3. The minimum Gasteiger partial charge on any atom is -0.396 e. The maximum Gasteiger partial charge on any atom is 0.261 e. The van der Waals surface area contributed by atoms with Gasteiger partial charge in [-0.25, -0.2) is 18.1 Å². The van der Waals surface area contributed by atoms with Gasteiger partial charge in [-0.05, 0) is 12.2 Å². The Morgan fingerprint density at radius 2 is 2.28 bits per heavy atom. The summed E-state index contributed by atoms with van der Waals surface area (Å²) >= 11 is 7.40. The Balaban J connectivity index is 2.44. The van der Waals surface area contributed by atoms with Crippen LogP contribution < -0.4 is 4.72 Å². The van der Waals surface area contributed by atoms with Gasteiger partial charge in [0.05, 0.1) is 6.33 Å². The van der Waals surface area contributed by atoms with Crippen molar-refractivity contribution in [3.8, 4) is 0 Å². The fourth-order valence-corrected chi connectivity index (χ4v) is 3.53. The first-order chi connectivity index (χ1) is 8.49. The topological polar surface area (TPSA) is 84.2 Å². The summed E-state index contributed by atoms with van der Waals surface area (Å²) in [5.41, 5.74) is 0. The van der Waals surface area contributed by atoms with E-state index in [2.05, 4.69) is 9.71 Å². The van der Waals surface area contributed by atoms with E-state index in [1.165, 1.54) is 10.9 Å². The van der Waals surface area contributed by atoms with E-state index in [1.807, 2.05) is 0 Å². The lowest BCUT2D eigenvalue weighted by Crippen LogP contribution is -2.26. The number of halogens is 1. The lowest BCUT2D eigenvalue weighted by atomic mass is 10.5. The van der Waals surface area contributed by atoms with Crippen LogP contribution in [0, 0.1) is 0 Å². The second-order valence-corrected chi connectivity index (χ2v) is 6.80. The third-order valence-corrected chi connectivity index (χ3v) is 5.09. The van der Waals surface area contributed by atoms with Crippen LogP contribution in [-0.4, -0.2) is 47.7 Å². The van der Waals surface area contributed by atoms with Gasteiger partial charge in [0, 0.05) is 26.0 Å². The quantitative estimate of drug-likeness (QED) is 0.682. The molecule has 0 radical (unpaired) electrons. The summed E-state index contributed by atoms with van der Waals surface area (Å²) in [6, 6.07) is 0. The first-order valence-corrected chi connectivity index (χ1v) is 8.35. The van der Waals surface area contributed by atoms with Gasteiger partial charge in [0.1, 0.15) is 5.15 Å². The van der Waals surface area contributed by atoms with Gasteiger partial charge in [0.2, 0.25) is 5.03 Å². The molecule has 0 aliphatic rings. The van der Waals surface area contributed by atoms with Crippen molar-refractivity contribution in [1.82, 2.24) is 14.3 Å². The molecule has 104 valence electrons. The lowest BCUT2D eigenvalue weighted by molar-refractivity contribution is 0.296.